The number of nitrogens with one attached hydrogen (secondary N) is 1. The highest BCUT2D eigenvalue weighted by atomic mass is 19.4. The van der Waals surface area contributed by atoms with Crippen LogP contribution in [0.15, 0.2) is 18.2 Å². The summed E-state index contributed by atoms with van der Waals surface area (Å²) in [6, 6.07) is 4.36. The summed E-state index contributed by atoms with van der Waals surface area (Å²) in [7, 11) is 0. The van der Waals surface area contributed by atoms with E-state index in [1.54, 1.807) is 6.07 Å². The molecule has 0 aromatic heterocycles. The predicted molar refractivity (Wildman–Crippen MR) is 77.7 cm³/mol. The van der Waals surface area contributed by atoms with Gasteiger partial charge in [0, 0.05) is 23.8 Å². The Morgan fingerprint density at radius 1 is 1.33 bits per heavy atom. The van der Waals surface area contributed by atoms with E-state index < -0.39 is 17.6 Å². The minimum atomic E-state index is -4.51. The number of rotatable bonds is 4. The van der Waals surface area contributed by atoms with Crippen molar-refractivity contribution >= 4 is 11.5 Å². The van der Waals surface area contributed by atoms with Crippen molar-refractivity contribution in [1.29, 1.82) is 5.41 Å². The summed E-state index contributed by atoms with van der Waals surface area (Å²) in [4.78, 5) is 2.02. The first kappa shape index (κ1) is 15.7. The van der Waals surface area contributed by atoms with Crippen LogP contribution in [-0.4, -0.2) is 18.4 Å². The second kappa shape index (κ2) is 5.95. The van der Waals surface area contributed by atoms with Gasteiger partial charge in [0.1, 0.15) is 5.84 Å². The number of benzene rings is 1. The van der Waals surface area contributed by atoms with Gasteiger partial charge < -0.3 is 10.6 Å². The zero-order chi connectivity index (χ0) is 15.6. The molecule has 1 aromatic carbocycles. The van der Waals surface area contributed by atoms with Gasteiger partial charge >= 0.3 is 6.18 Å². The molecule has 0 aliphatic heterocycles. The lowest BCUT2D eigenvalue weighted by atomic mass is 10.0. The molecule has 1 saturated carbocycles. The maximum absolute atomic E-state index is 13.2. The molecule has 0 radical (unpaired) electrons. The Balaban J connectivity index is 2.42. The summed E-state index contributed by atoms with van der Waals surface area (Å²) >= 11 is 0. The predicted octanol–water partition coefficient (Wildman–Crippen LogP) is 3.76. The Bertz CT molecular complexity index is 519. The average molecular weight is 299 g/mol. The second-order valence-corrected chi connectivity index (χ2v) is 5.37. The number of anilines is 1. The quantitative estimate of drug-likeness (QED) is 0.657. The smallest absolute Gasteiger partial charge is 0.384 e. The van der Waals surface area contributed by atoms with Crippen LogP contribution in [0.3, 0.4) is 0 Å². The van der Waals surface area contributed by atoms with Crippen LogP contribution in [0.5, 0.6) is 0 Å². The molecule has 1 fully saturated rings. The van der Waals surface area contributed by atoms with Crippen LogP contribution in [0.1, 0.15) is 43.7 Å². The molecule has 6 heteroatoms. The first-order valence-corrected chi connectivity index (χ1v) is 7.17. The number of nitrogen functional groups attached to an aromatic ring is 1. The number of nitrogens with two attached hydrogens (primary N) is 1. The van der Waals surface area contributed by atoms with Gasteiger partial charge in [-0.3, -0.25) is 5.41 Å². The van der Waals surface area contributed by atoms with Gasteiger partial charge in [0.15, 0.2) is 0 Å². The Morgan fingerprint density at radius 2 is 1.95 bits per heavy atom. The fourth-order valence-electron chi connectivity index (χ4n) is 3.05. The standard InChI is InChI=1S/C15H20F3N3/c1-2-21(10-5-3-4-6-10)11-7-8-12(14(19)20)13(9-11)15(16,17)18/h7-10H,2-6H2,1H3,(H3,19,20). The van der Waals surface area contributed by atoms with E-state index in [-0.39, 0.29) is 5.56 Å². The van der Waals surface area contributed by atoms with Crippen molar-refractivity contribution in [3.8, 4) is 0 Å². The first-order chi connectivity index (χ1) is 9.84. The zero-order valence-corrected chi connectivity index (χ0v) is 12.0. The largest absolute Gasteiger partial charge is 0.417 e. The lowest BCUT2D eigenvalue weighted by Crippen LogP contribution is -2.33. The monoisotopic (exact) mass is 299 g/mol. The normalized spacial score (nSPS) is 16.2. The lowest BCUT2D eigenvalue weighted by Gasteiger charge is -2.31. The van der Waals surface area contributed by atoms with Crippen molar-refractivity contribution in [3.63, 3.8) is 0 Å². The van der Waals surface area contributed by atoms with Crippen molar-refractivity contribution in [1.82, 2.24) is 0 Å². The summed E-state index contributed by atoms with van der Waals surface area (Å²) in [6.07, 6.45) is -0.225. The number of halogens is 3. The number of amidine groups is 1. The molecule has 0 heterocycles. The molecule has 1 aromatic rings. The third-order valence-corrected chi connectivity index (χ3v) is 4.04. The highest BCUT2D eigenvalue weighted by Crippen LogP contribution is 2.36. The summed E-state index contributed by atoms with van der Waals surface area (Å²) < 4.78 is 39.5. The highest BCUT2D eigenvalue weighted by molar-refractivity contribution is 5.97. The summed E-state index contributed by atoms with van der Waals surface area (Å²) in [5.74, 6) is -0.558. The molecule has 0 saturated heterocycles. The van der Waals surface area contributed by atoms with Crippen molar-refractivity contribution in [2.24, 2.45) is 5.73 Å². The molecule has 0 unspecified atom stereocenters. The third-order valence-electron chi connectivity index (χ3n) is 4.04. The summed E-state index contributed by atoms with van der Waals surface area (Å²) in [6.45, 7) is 2.62. The molecule has 3 N–H and O–H groups in total. The van der Waals surface area contributed by atoms with E-state index in [4.69, 9.17) is 11.1 Å². The SMILES string of the molecule is CCN(c1ccc(C(=N)N)c(C(F)(F)F)c1)C1CCCC1. The number of nitrogens with zero attached hydrogens (tertiary/aromatic N) is 1. The van der Waals surface area contributed by atoms with Crippen LogP contribution in [-0.2, 0) is 6.18 Å². The van der Waals surface area contributed by atoms with Crippen LogP contribution >= 0.6 is 0 Å². The van der Waals surface area contributed by atoms with E-state index in [0.717, 1.165) is 31.7 Å². The molecule has 0 spiro atoms. The highest BCUT2D eigenvalue weighted by Gasteiger charge is 2.35. The Labute approximate surface area is 122 Å². The van der Waals surface area contributed by atoms with Gasteiger partial charge in [0.05, 0.1) is 5.56 Å². The first-order valence-electron chi connectivity index (χ1n) is 7.17. The van der Waals surface area contributed by atoms with Crippen LogP contribution in [0.2, 0.25) is 0 Å². The fraction of sp³-hybridized carbons (Fsp3) is 0.533. The van der Waals surface area contributed by atoms with Crippen molar-refractivity contribution in [3.05, 3.63) is 29.3 Å². The van der Waals surface area contributed by atoms with Gasteiger partial charge in [-0.25, -0.2) is 0 Å². The minimum absolute atomic E-state index is 0.256. The molecule has 116 valence electrons. The molecule has 0 bridgehead atoms. The molecular formula is C15H20F3N3. The average Bonchev–Trinajstić information content (AvgIpc) is 2.92. The summed E-state index contributed by atoms with van der Waals surface area (Å²) in [5, 5.41) is 7.31. The summed E-state index contributed by atoms with van der Waals surface area (Å²) in [5.41, 5.74) is 4.73. The topological polar surface area (TPSA) is 53.1 Å². The van der Waals surface area contributed by atoms with Gasteiger partial charge in [0.25, 0.3) is 0 Å². The van der Waals surface area contributed by atoms with E-state index in [2.05, 4.69) is 0 Å². The molecule has 0 amide bonds. The van der Waals surface area contributed by atoms with Crippen molar-refractivity contribution < 1.29 is 13.2 Å². The second-order valence-electron chi connectivity index (χ2n) is 5.37. The van der Waals surface area contributed by atoms with Crippen molar-refractivity contribution in [2.75, 3.05) is 11.4 Å². The molecule has 21 heavy (non-hydrogen) atoms. The Hall–Kier alpha value is -1.72. The van der Waals surface area contributed by atoms with Gasteiger partial charge in [-0.15, -0.1) is 0 Å². The van der Waals surface area contributed by atoms with Crippen LogP contribution in [0.4, 0.5) is 18.9 Å². The molecule has 1 aliphatic carbocycles. The Kier molecular flexibility index (Phi) is 4.44. The minimum Gasteiger partial charge on any atom is -0.384 e. The van der Waals surface area contributed by atoms with Crippen LogP contribution < -0.4 is 10.6 Å². The van der Waals surface area contributed by atoms with Gasteiger partial charge in [-0.05, 0) is 38.0 Å². The number of hydrogen-bond donors (Lipinski definition) is 2. The van der Waals surface area contributed by atoms with Crippen molar-refractivity contribution in [2.45, 2.75) is 44.8 Å². The van der Waals surface area contributed by atoms with E-state index in [9.17, 15) is 13.2 Å². The molecule has 0 atom stereocenters. The zero-order valence-electron chi connectivity index (χ0n) is 12.0. The Morgan fingerprint density at radius 3 is 2.43 bits per heavy atom. The van der Waals surface area contributed by atoms with E-state index >= 15 is 0 Å². The fourth-order valence-corrected chi connectivity index (χ4v) is 3.05. The van der Waals surface area contributed by atoms with Gasteiger partial charge in [0.2, 0.25) is 0 Å². The lowest BCUT2D eigenvalue weighted by molar-refractivity contribution is -0.137. The maximum atomic E-state index is 13.2. The van der Waals surface area contributed by atoms with E-state index in [1.165, 1.54) is 6.07 Å². The molecule has 2 rings (SSSR count). The molecular weight excluding hydrogens is 279 g/mol. The van der Waals surface area contributed by atoms with Crippen LogP contribution in [0.25, 0.3) is 0 Å². The molecule has 1 aliphatic rings. The van der Waals surface area contributed by atoms with Gasteiger partial charge in [-0.1, -0.05) is 12.8 Å². The van der Waals surface area contributed by atoms with E-state index in [0.29, 0.717) is 18.3 Å². The van der Waals surface area contributed by atoms with E-state index in [1.807, 2.05) is 11.8 Å². The van der Waals surface area contributed by atoms with Crippen LogP contribution in [0, 0.1) is 5.41 Å². The third kappa shape index (κ3) is 3.31. The molecule has 3 nitrogen and oxygen atoms in total. The maximum Gasteiger partial charge on any atom is 0.417 e. The number of alkyl halides is 3. The number of hydrogen-bond acceptors (Lipinski definition) is 2. The van der Waals surface area contributed by atoms with Gasteiger partial charge in [-0.2, -0.15) is 13.2 Å².